The molecule has 26 heavy (non-hydrogen) atoms. The highest BCUT2D eigenvalue weighted by molar-refractivity contribution is 6.01. The quantitative estimate of drug-likeness (QED) is 0.700. The Hall–Kier alpha value is -1.46. The molecule has 0 aromatic rings. The minimum atomic E-state index is -1.53. The van der Waals surface area contributed by atoms with Crippen LogP contribution in [-0.2, 0) is 14.3 Å². The average Bonchev–Trinajstić information content (AvgIpc) is 2.86. The molecule has 3 saturated carbocycles. The van der Waals surface area contributed by atoms with Crippen LogP contribution in [0.3, 0.4) is 0 Å². The van der Waals surface area contributed by atoms with E-state index in [0.717, 1.165) is 24.8 Å². The molecule has 4 aliphatic rings. The van der Waals surface area contributed by atoms with Crippen molar-refractivity contribution < 1.29 is 24.5 Å². The van der Waals surface area contributed by atoms with E-state index >= 15 is 0 Å². The number of aliphatic hydroxyl groups excluding tert-OH is 1. The minimum absolute atomic E-state index is 0.00456. The number of hydrogen-bond donors (Lipinski definition) is 2. The van der Waals surface area contributed by atoms with Gasteiger partial charge in [0.15, 0.2) is 11.4 Å². The molecule has 0 aromatic heterocycles. The van der Waals surface area contributed by atoms with E-state index in [9.17, 15) is 19.8 Å². The number of ketones is 1. The number of rotatable bonds is 1. The number of allylic oxidation sites excluding steroid dienone is 4. The summed E-state index contributed by atoms with van der Waals surface area (Å²) in [5, 5.41) is 22.4. The maximum Gasteiger partial charge on any atom is 0.338 e. The van der Waals surface area contributed by atoms with Gasteiger partial charge in [0.05, 0.1) is 13.2 Å². The summed E-state index contributed by atoms with van der Waals surface area (Å²) in [6.07, 6.45) is 7.89. The van der Waals surface area contributed by atoms with E-state index in [-0.39, 0.29) is 29.0 Å². The third-order valence-electron chi connectivity index (χ3n) is 8.17. The molecule has 142 valence electrons. The van der Waals surface area contributed by atoms with Crippen molar-refractivity contribution in [1.29, 1.82) is 0 Å². The van der Waals surface area contributed by atoms with Crippen LogP contribution in [0.15, 0.2) is 23.8 Å². The topological polar surface area (TPSA) is 83.8 Å². The van der Waals surface area contributed by atoms with Gasteiger partial charge in [0, 0.05) is 16.7 Å². The lowest BCUT2D eigenvalue weighted by molar-refractivity contribution is -0.194. The van der Waals surface area contributed by atoms with Crippen LogP contribution in [0.5, 0.6) is 0 Å². The molecule has 3 fully saturated rings. The highest BCUT2D eigenvalue weighted by Crippen LogP contribution is 2.67. The number of aliphatic hydroxyl groups is 2. The number of esters is 1. The number of carbonyl (C=O) groups is 2. The Bertz CT molecular complexity index is 724. The van der Waals surface area contributed by atoms with E-state index in [1.54, 1.807) is 12.2 Å². The van der Waals surface area contributed by atoms with Crippen molar-refractivity contribution in [1.82, 2.24) is 0 Å². The molecule has 5 nitrogen and oxygen atoms in total. The van der Waals surface area contributed by atoms with Gasteiger partial charge >= 0.3 is 5.97 Å². The Balaban J connectivity index is 1.75. The predicted molar refractivity (Wildman–Crippen MR) is 95.0 cm³/mol. The lowest BCUT2D eigenvalue weighted by Gasteiger charge is -2.59. The first-order valence-corrected chi connectivity index (χ1v) is 9.60. The predicted octanol–water partition coefficient (Wildman–Crippen LogP) is 2.17. The van der Waals surface area contributed by atoms with Crippen LogP contribution in [0, 0.1) is 28.6 Å². The molecule has 0 amide bonds. The molecule has 0 spiro atoms. The van der Waals surface area contributed by atoms with E-state index in [4.69, 9.17) is 4.74 Å². The summed E-state index contributed by atoms with van der Waals surface area (Å²) < 4.78 is 4.91. The van der Waals surface area contributed by atoms with Crippen molar-refractivity contribution in [2.24, 2.45) is 28.6 Å². The Morgan fingerprint density at radius 3 is 2.73 bits per heavy atom. The number of hydrogen-bond acceptors (Lipinski definition) is 5. The standard InChI is InChI=1S/C21H28O5/c1-19-8-6-13(22)10-12(19)4-5-14-15-7-9-21(25,18(24)26-3)20(15,2)11-16(23)17(14)19/h6,8,10,14-17,23,25H,4-5,7,9,11H2,1-3H3/t14-,15-,16?,17-,19-,20-,21?/m0/s1. The van der Waals surface area contributed by atoms with E-state index in [1.165, 1.54) is 7.11 Å². The fraction of sp³-hybridized carbons (Fsp3) is 0.714. The molecule has 7 atom stereocenters. The van der Waals surface area contributed by atoms with Crippen molar-refractivity contribution in [3.05, 3.63) is 23.8 Å². The van der Waals surface area contributed by atoms with Crippen LogP contribution in [0.25, 0.3) is 0 Å². The number of fused-ring (bicyclic) bond motifs is 5. The Labute approximate surface area is 154 Å². The molecule has 0 aliphatic heterocycles. The van der Waals surface area contributed by atoms with Crippen molar-refractivity contribution in [3.63, 3.8) is 0 Å². The number of methoxy groups -OCH3 is 1. The van der Waals surface area contributed by atoms with Crippen molar-refractivity contribution in [2.75, 3.05) is 7.11 Å². The summed E-state index contributed by atoms with van der Waals surface area (Å²) in [5.41, 5.74) is -1.45. The molecular weight excluding hydrogens is 332 g/mol. The third kappa shape index (κ3) is 2.04. The molecule has 5 heteroatoms. The van der Waals surface area contributed by atoms with Gasteiger partial charge in [0.2, 0.25) is 0 Å². The normalized spacial score (nSPS) is 49.7. The van der Waals surface area contributed by atoms with Crippen molar-refractivity contribution >= 4 is 11.8 Å². The maximum absolute atomic E-state index is 12.4. The number of ether oxygens (including phenoxy) is 1. The van der Waals surface area contributed by atoms with Crippen LogP contribution in [0.1, 0.15) is 46.0 Å². The first-order valence-electron chi connectivity index (χ1n) is 9.60. The van der Waals surface area contributed by atoms with Gasteiger partial charge in [-0.05, 0) is 56.1 Å². The summed E-state index contributed by atoms with van der Waals surface area (Å²) in [5.74, 6) is -0.192. The van der Waals surface area contributed by atoms with Crippen molar-refractivity contribution in [2.45, 2.75) is 57.7 Å². The minimum Gasteiger partial charge on any atom is -0.467 e. The van der Waals surface area contributed by atoms with Gasteiger partial charge in [-0.15, -0.1) is 0 Å². The highest BCUT2D eigenvalue weighted by atomic mass is 16.5. The maximum atomic E-state index is 12.4. The Kier molecular flexibility index (Phi) is 3.81. The highest BCUT2D eigenvalue weighted by Gasteiger charge is 2.68. The van der Waals surface area contributed by atoms with Gasteiger partial charge < -0.3 is 14.9 Å². The first-order chi connectivity index (χ1) is 12.2. The third-order valence-corrected chi connectivity index (χ3v) is 8.17. The summed E-state index contributed by atoms with van der Waals surface area (Å²) in [6.45, 7) is 4.06. The fourth-order valence-electron chi connectivity index (χ4n) is 6.83. The van der Waals surface area contributed by atoms with Gasteiger partial charge in [-0.3, -0.25) is 4.79 Å². The molecule has 2 N–H and O–H groups in total. The van der Waals surface area contributed by atoms with Crippen LogP contribution in [0.2, 0.25) is 0 Å². The second kappa shape index (κ2) is 5.52. The van der Waals surface area contributed by atoms with E-state index in [2.05, 4.69) is 6.92 Å². The lowest BCUT2D eigenvalue weighted by atomic mass is 9.46. The monoisotopic (exact) mass is 360 g/mol. The zero-order valence-corrected chi connectivity index (χ0v) is 15.7. The molecule has 0 saturated heterocycles. The fourth-order valence-corrected chi connectivity index (χ4v) is 6.83. The van der Waals surface area contributed by atoms with E-state index < -0.39 is 23.1 Å². The van der Waals surface area contributed by atoms with Gasteiger partial charge in [-0.25, -0.2) is 4.79 Å². The Morgan fingerprint density at radius 1 is 1.31 bits per heavy atom. The van der Waals surface area contributed by atoms with Crippen LogP contribution < -0.4 is 0 Å². The summed E-state index contributed by atoms with van der Waals surface area (Å²) in [6, 6.07) is 0. The molecular formula is C21H28O5. The van der Waals surface area contributed by atoms with Gasteiger partial charge in [0.1, 0.15) is 0 Å². The van der Waals surface area contributed by atoms with Crippen LogP contribution in [0.4, 0.5) is 0 Å². The zero-order chi connectivity index (χ0) is 18.9. The summed E-state index contributed by atoms with van der Waals surface area (Å²) in [7, 11) is 1.31. The summed E-state index contributed by atoms with van der Waals surface area (Å²) in [4.78, 5) is 24.2. The largest absolute Gasteiger partial charge is 0.467 e. The van der Waals surface area contributed by atoms with Gasteiger partial charge in [-0.2, -0.15) is 0 Å². The molecule has 2 unspecified atom stereocenters. The second-order valence-electron chi connectivity index (χ2n) is 9.10. The molecule has 4 aliphatic carbocycles. The van der Waals surface area contributed by atoms with Crippen LogP contribution >= 0.6 is 0 Å². The zero-order valence-electron chi connectivity index (χ0n) is 15.7. The molecule has 0 radical (unpaired) electrons. The molecule has 0 heterocycles. The van der Waals surface area contributed by atoms with Gasteiger partial charge in [-0.1, -0.05) is 25.5 Å². The lowest BCUT2D eigenvalue weighted by Crippen LogP contribution is -2.61. The Morgan fingerprint density at radius 2 is 2.04 bits per heavy atom. The molecule has 0 aromatic carbocycles. The molecule has 0 bridgehead atoms. The SMILES string of the molecule is COC(=O)C1(O)CC[C@H]2[C@@H]3CCC4=CC(=O)C=C[C@]4(C)[C@@H]3C(O)C[C@@]21C. The van der Waals surface area contributed by atoms with Crippen LogP contribution in [-0.4, -0.2) is 40.8 Å². The molecule has 4 rings (SSSR count). The first kappa shape index (κ1) is 17.9. The number of carbonyl (C=O) groups excluding carboxylic acids is 2. The van der Waals surface area contributed by atoms with E-state index in [1.807, 2.05) is 13.0 Å². The van der Waals surface area contributed by atoms with E-state index in [0.29, 0.717) is 12.8 Å². The van der Waals surface area contributed by atoms with Crippen molar-refractivity contribution in [3.8, 4) is 0 Å². The smallest absolute Gasteiger partial charge is 0.338 e. The average molecular weight is 360 g/mol. The second-order valence-corrected chi connectivity index (χ2v) is 9.10. The summed E-state index contributed by atoms with van der Waals surface area (Å²) >= 11 is 0. The van der Waals surface area contributed by atoms with Gasteiger partial charge in [0.25, 0.3) is 0 Å².